The molecular formula is C29H32N4O5S. The zero-order valence-electron chi connectivity index (χ0n) is 22.2. The standard InChI is InChI=1S/C29H32N4O5S/c1-4-38-29(35)22-12-15-24-25(18-22)32-28(34)26(24)27(21-8-6-5-7-9-21)31-23-13-10-20(11-14-23)19-33(2)17-16-30-39(3,36)37/h5-15,18,26,30H,4,16-17,19H2,1-3H3,(H,32,34). The minimum Gasteiger partial charge on any atom is -0.462 e. The van der Waals surface area contributed by atoms with Gasteiger partial charge in [-0.05, 0) is 54.9 Å². The Hall–Kier alpha value is -3.86. The Balaban J connectivity index is 1.59. The monoisotopic (exact) mass is 548 g/mol. The minimum absolute atomic E-state index is 0.213. The number of hydrogen-bond acceptors (Lipinski definition) is 7. The Labute approximate surface area is 229 Å². The normalized spacial score (nSPS) is 15.2. The van der Waals surface area contributed by atoms with Crippen LogP contribution < -0.4 is 10.0 Å². The lowest BCUT2D eigenvalue weighted by Crippen LogP contribution is -2.32. The summed E-state index contributed by atoms with van der Waals surface area (Å²) in [5.41, 5.74) is 4.87. The third-order valence-corrected chi connectivity index (χ3v) is 6.96. The summed E-state index contributed by atoms with van der Waals surface area (Å²) in [6.07, 6.45) is 1.14. The van der Waals surface area contributed by atoms with Crippen molar-refractivity contribution in [3.8, 4) is 0 Å². The third-order valence-electron chi connectivity index (χ3n) is 6.23. The number of ether oxygens (including phenoxy) is 1. The summed E-state index contributed by atoms with van der Waals surface area (Å²) in [5.74, 6) is -1.30. The molecule has 0 aliphatic carbocycles. The number of nitrogens with zero attached hydrogens (tertiary/aromatic N) is 2. The van der Waals surface area contributed by atoms with Gasteiger partial charge >= 0.3 is 5.97 Å². The van der Waals surface area contributed by atoms with Gasteiger partial charge in [0, 0.05) is 25.3 Å². The molecule has 1 heterocycles. The van der Waals surface area contributed by atoms with Gasteiger partial charge in [0.05, 0.1) is 29.8 Å². The maximum Gasteiger partial charge on any atom is 0.338 e. The first-order valence-electron chi connectivity index (χ1n) is 12.6. The predicted octanol–water partition coefficient (Wildman–Crippen LogP) is 3.70. The molecule has 4 rings (SSSR count). The number of sulfonamides is 1. The lowest BCUT2D eigenvalue weighted by molar-refractivity contribution is -0.115. The zero-order valence-corrected chi connectivity index (χ0v) is 23.0. The highest BCUT2D eigenvalue weighted by Crippen LogP contribution is 2.37. The summed E-state index contributed by atoms with van der Waals surface area (Å²) >= 11 is 0. The van der Waals surface area contributed by atoms with Crippen LogP contribution in [0.25, 0.3) is 0 Å². The molecule has 0 saturated heterocycles. The fourth-order valence-corrected chi connectivity index (χ4v) is 4.87. The van der Waals surface area contributed by atoms with Crippen LogP contribution in [0.5, 0.6) is 0 Å². The van der Waals surface area contributed by atoms with E-state index in [0.29, 0.717) is 42.3 Å². The van der Waals surface area contributed by atoms with Crippen LogP contribution in [0.2, 0.25) is 0 Å². The van der Waals surface area contributed by atoms with E-state index in [4.69, 9.17) is 9.73 Å². The van der Waals surface area contributed by atoms with E-state index in [1.165, 1.54) is 0 Å². The second kappa shape index (κ2) is 12.3. The number of benzene rings is 3. The average molecular weight is 549 g/mol. The van der Waals surface area contributed by atoms with Gasteiger partial charge in [-0.25, -0.2) is 17.9 Å². The smallest absolute Gasteiger partial charge is 0.338 e. The predicted molar refractivity (Wildman–Crippen MR) is 152 cm³/mol. The summed E-state index contributed by atoms with van der Waals surface area (Å²) < 4.78 is 30.1. The van der Waals surface area contributed by atoms with Crippen LogP contribution in [-0.2, 0) is 26.1 Å². The van der Waals surface area contributed by atoms with Crippen LogP contribution in [0.4, 0.5) is 11.4 Å². The van der Waals surface area contributed by atoms with Crippen LogP contribution in [0.1, 0.15) is 39.9 Å². The fraction of sp³-hybridized carbons (Fsp3) is 0.276. The number of aliphatic imine (C=N–C) groups is 1. The maximum absolute atomic E-state index is 13.2. The van der Waals surface area contributed by atoms with Crippen molar-refractivity contribution in [3.05, 3.63) is 95.1 Å². The summed E-state index contributed by atoms with van der Waals surface area (Å²) in [7, 11) is -1.29. The van der Waals surface area contributed by atoms with Crippen molar-refractivity contribution in [2.24, 2.45) is 4.99 Å². The van der Waals surface area contributed by atoms with Gasteiger partial charge in [-0.2, -0.15) is 0 Å². The lowest BCUT2D eigenvalue weighted by atomic mass is 9.90. The second-order valence-corrected chi connectivity index (χ2v) is 11.2. The van der Waals surface area contributed by atoms with E-state index in [1.54, 1.807) is 25.1 Å². The zero-order chi connectivity index (χ0) is 28.0. The van der Waals surface area contributed by atoms with E-state index in [2.05, 4.69) is 10.0 Å². The second-order valence-electron chi connectivity index (χ2n) is 9.38. The Bertz CT molecular complexity index is 1470. The number of carbonyl (C=O) groups excluding carboxylic acids is 2. The highest BCUT2D eigenvalue weighted by Gasteiger charge is 2.36. The summed E-state index contributed by atoms with van der Waals surface area (Å²) in [6.45, 7) is 3.56. The first kappa shape index (κ1) is 28.2. The van der Waals surface area contributed by atoms with Gasteiger partial charge in [-0.1, -0.05) is 48.5 Å². The van der Waals surface area contributed by atoms with E-state index in [-0.39, 0.29) is 12.5 Å². The Morgan fingerprint density at radius 3 is 2.44 bits per heavy atom. The molecule has 10 heteroatoms. The van der Waals surface area contributed by atoms with E-state index >= 15 is 0 Å². The topological polar surface area (TPSA) is 117 Å². The molecule has 0 radical (unpaired) electrons. The molecule has 0 fully saturated rings. The molecule has 3 aromatic rings. The maximum atomic E-state index is 13.2. The first-order valence-corrected chi connectivity index (χ1v) is 14.5. The highest BCUT2D eigenvalue weighted by atomic mass is 32.2. The van der Waals surface area contributed by atoms with Gasteiger partial charge in [0.15, 0.2) is 0 Å². The van der Waals surface area contributed by atoms with Gasteiger partial charge in [0.2, 0.25) is 15.9 Å². The number of amides is 1. The molecular weight excluding hydrogens is 516 g/mol. The first-order chi connectivity index (χ1) is 18.6. The molecule has 0 saturated carbocycles. The van der Waals surface area contributed by atoms with Gasteiger partial charge < -0.3 is 15.0 Å². The molecule has 1 aliphatic rings. The summed E-state index contributed by atoms with van der Waals surface area (Å²) in [5, 5.41) is 2.90. The van der Waals surface area contributed by atoms with E-state index in [0.717, 1.165) is 22.9 Å². The van der Waals surface area contributed by atoms with Gasteiger partial charge in [0.25, 0.3) is 0 Å². The van der Waals surface area contributed by atoms with Crippen LogP contribution in [-0.4, -0.2) is 63.9 Å². The van der Waals surface area contributed by atoms with Crippen LogP contribution in [0.3, 0.4) is 0 Å². The van der Waals surface area contributed by atoms with Crippen molar-refractivity contribution in [3.63, 3.8) is 0 Å². The SMILES string of the molecule is CCOC(=O)c1ccc2c(c1)NC(=O)C2C(=Nc1ccc(CN(C)CCNS(C)(=O)=O)cc1)c1ccccc1. The van der Waals surface area contributed by atoms with E-state index in [9.17, 15) is 18.0 Å². The van der Waals surface area contributed by atoms with Crippen molar-refractivity contribution in [1.29, 1.82) is 0 Å². The van der Waals surface area contributed by atoms with Gasteiger partial charge in [-0.15, -0.1) is 0 Å². The molecule has 1 aliphatic heterocycles. The average Bonchev–Trinajstić information content (AvgIpc) is 3.22. The molecule has 3 aromatic carbocycles. The van der Waals surface area contributed by atoms with Crippen molar-refractivity contribution in [2.75, 3.05) is 38.3 Å². The Kier molecular flexibility index (Phi) is 8.90. The molecule has 204 valence electrons. The molecule has 1 unspecified atom stereocenters. The number of anilines is 1. The van der Waals surface area contributed by atoms with Crippen molar-refractivity contribution >= 4 is 39.0 Å². The number of nitrogens with one attached hydrogen (secondary N) is 2. The largest absolute Gasteiger partial charge is 0.462 e. The molecule has 0 aromatic heterocycles. The highest BCUT2D eigenvalue weighted by molar-refractivity contribution is 7.88. The quantitative estimate of drug-likeness (QED) is 0.279. The lowest BCUT2D eigenvalue weighted by Gasteiger charge is -2.17. The number of fused-ring (bicyclic) bond motifs is 1. The molecule has 1 amide bonds. The van der Waals surface area contributed by atoms with Crippen molar-refractivity contribution < 1.29 is 22.7 Å². The van der Waals surface area contributed by atoms with E-state index in [1.807, 2.05) is 66.5 Å². The molecule has 0 spiro atoms. The number of carbonyl (C=O) groups is 2. The van der Waals surface area contributed by atoms with Crippen LogP contribution in [0.15, 0.2) is 77.8 Å². The van der Waals surface area contributed by atoms with Crippen LogP contribution in [0, 0.1) is 0 Å². The molecule has 9 nitrogen and oxygen atoms in total. The van der Waals surface area contributed by atoms with Gasteiger partial charge in [-0.3, -0.25) is 9.79 Å². The van der Waals surface area contributed by atoms with E-state index < -0.39 is 21.9 Å². The summed E-state index contributed by atoms with van der Waals surface area (Å²) in [6, 6.07) is 22.4. The van der Waals surface area contributed by atoms with Crippen molar-refractivity contribution in [2.45, 2.75) is 19.4 Å². The number of likely N-dealkylation sites (N-methyl/N-ethyl adjacent to an activating group) is 1. The molecule has 2 N–H and O–H groups in total. The summed E-state index contributed by atoms with van der Waals surface area (Å²) in [4.78, 5) is 32.4. The number of hydrogen-bond donors (Lipinski definition) is 2. The minimum atomic E-state index is -3.21. The fourth-order valence-electron chi connectivity index (χ4n) is 4.41. The number of esters is 1. The van der Waals surface area contributed by atoms with Crippen molar-refractivity contribution in [1.82, 2.24) is 9.62 Å². The molecule has 39 heavy (non-hydrogen) atoms. The molecule has 1 atom stereocenters. The Morgan fingerprint density at radius 1 is 1.05 bits per heavy atom. The Morgan fingerprint density at radius 2 is 1.77 bits per heavy atom. The number of rotatable bonds is 11. The molecule has 0 bridgehead atoms. The van der Waals surface area contributed by atoms with Gasteiger partial charge in [0.1, 0.15) is 5.92 Å². The van der Waals surface area contributed by atoms with Crippen LogP contribution >= 0.6 is 0 Å². The third kappa shape index (κ3) is 7.38.